The zero-order valence-corrected chi connectivity index (χ0v) is 35.1. The van der Waals surface area contributed by atoms with Crippen molar-refractivity contribution >= 4 is 80.7 Å². The molecule has 0 aliphatic carbocycles. The van der Waals surface area contributed by atoms with Gasteiger partial charge in [0.1, 0.15) is 0 Å². The number of rotatable bonds is 5. The van der Waals surface area contributed by atoms with Gasteiger partial charge in [0.05, 0.1) is 0 Å². The summed E-state index contributed by atoms with van der Waals surface area (Å²) < 4.78 is 15.0. The predicted molar refractivity (Wildman–Crippen MR) is 214 cm³/mol. The van der Waals surface area contributed by atoms with Crippen molar-refractivity contribution in [2.45, 2.75) is 56.8 Å². The maximum Gasteiger partial charge on any atom is 0 e. The van der Waals surface area contributed by atoms with Gasteiger partial charge in [-0.05, 0) is 61.4 Å². The molecule has 0 aliphatic rings. The molecule has 0 saturated heterocycles. The van der Waals surface area contributed by atoms with Gasteiger partial charge in [-0.2, -0.15) is 22.7 Å². The summed E-state index contributed by atoms with van der Waals surface area (Å²) in [4.78, 5) is 9.28. The number of pyridine rings is 2. The summed E-state index contributed by atoms with van der Waals surface area (Å²) in [7, 11) is 0. The van der Waals surface area contributed by atoms with E-state index in [0.29, 0.717) is 5.92 Å². The number of fused-ring (bicyclic) bond motifs is 7. The minimum atomic E-state index is -1.72. The van der Waals surface area contributed by atoms with E-state index in [1.807, 2.05) is 67.9 Å². The fraction of sp³-hybridized carbons (Fsp3) is 0.209. The molecule has 249 valence electrons. The van der Waals surface area contributed by atoms with Gasteiger partial charge < -0.3 is 4.98 Å². The summed E-state index contributed by atoms with van der Waals surface area (Å²) in [6.45, 7) is 8.34. The third-order valence-corrected chi connectivity index (χ3v) is 15.4. The summed E-state index contributed by atoms with van der Waals surface area (Å²) in [5.74, 6) is 6.96. The molecular weight excluding hydrogens is 873 g/mol. The topological polar surface area (TPSA) is 25.8 Å². The van der Waals surface area contributed by atoms with Gasteiger partial charge in [-0.25, -0.2) is 0 Å². The van der Waals surface area contributed by atoms with E-state index in [-0.39, 0.29) is 20.1 Å². The van der Waals surface area contributed by atoms with Crippen LogP contribution in [0.25, 0.3) is 62.9 Å². The first kappa shape index (κ1) is 34.3. The second kappa shape index (κ2) is 14.6. The van der Waals surface area contributed by atoms with Crippen molar-refractivity contribution in [2.75, 3.05) is 0 Å². The van der Waals surface area contributed by atoms with Crippen molar-refractivity contribution in [3.8, 4) is 22.5 Å². The largest absolute Gasteiger partial charge is 0 e. The number of hydrogen-bond donors (Lipinski definition) is 0. The molecule has 0 amide bonds. The quantitative estimate of drug-likeness (QED) is 0.127. The molecule has 8 aromatic rings. The standard InChI is InChI=1S/C29H24NS2.C14H16GeN.Ir/c1-16(2)18-9-10-21-25(14-18)32-29-22(23-13-19(17(3)4)11-12-30-23)15-26-27(28(21)29)20-7-5-6-8-24(20)31-26;1-15(2,3)13-9-10-14(16-11-13)12-7-5-4-6-8-12;/h5-14,16-17H,1-4H3;4-7,9-11H,1-3H3;/q2*-1;/i17D;;. The van der Waals surface area contributed by atoms with Gasteiger partial charge in [0.25, 0.3) is 0 Å². The normalized spacial score (nSPS) is 12.3. The molecule has 0 fully saturated rings. The molecule has 2 nitrogen and oxygen atoms in total. The van der Waals surface area contributed by atoms with Crippen LogP contribution in [0, 0.1) is 12.1 Å². The van der Waals surface area contributed by atoms with E-state index in [2.05, 4.69) is 109 Å². The van der Waals surface area contributed by atoms with E-state index in [4.69, 9.17) is 6.35 Å². The van der Waals surface area contributed by atoms with Crippen molar-refractivity contribution in [3.63, 3.8) is 0 Å². The Balaban J connectivity index is 0.000000215. The monoisotopic (exact) mass is 916 g/mol. The van der Waals surface area contributed by atoms with E-state index >= 15 is 0 Å². The Morgan fingerprint density at radius 2 is 1.51 bits per heavy atom. The Labute approximate surface area is 315 Å². The van der Waals surface area contributed by atoms with Gasteiger partial charge in [0, 0.05) is 37.1 Å². The first-order valence-electron chi connectivity index (χ1n) is 17.0. The van der Waals surface area contributed by atoms with Crippen molar-refractivity contribution < 1.29 is 21.5 Å². The summed E-state index contributed by atoms with van der Waals surface area (Å²) in [5, 5.41) is 5.21. The number of hydrogen-bond acceptors (Lipinski definition) is 4. The van der Waals surface area contributed by atoms with Crippen LogP contribution in [0.5, 0.6) is 0 Å². The van der Waals surface area contributed by atoms with Crippen LogP contribution in [0.3, 0.4) is 0 Å². The van der Waals surface area contributed by atoms with Crippen molar-refractivity contribution in [2.24, 2.45) is 0 Å². The molecule has 49 heavy (non-hydrogen) atoms. The molecule has 0 saturated carbocycles. The summed E-state index contributed by atoms with van der Waals surface area (Å²) in [6.07, 6.45) is 3.87. The van der Waals surface area contributed by atoms with Crippen LogP contribution >= 0.6 is 22.7 Å². The molecule has 1 radical (unpaired) electrons. The van der Waals surface area contributed by atoms with Crippen LogP contribution in [-0.4, -0.2) is 23.2 Å². The van der Waals surface area contributed by atoms with Crippen molar-refractivity contribution in [1.82, 2.24) is 9.97 Å². The Morgan fingerprint density at radius 3 is 2.20 bits per heavy atom. The zero-order chi connectivity index (χ0) is 34.5. The van der Waals surface area contributed by atoms with Gasteiger partial charge >= 0.3 is 99.8 Å². The second-order valence-electron chi connectivity index (χ2n) is 13.9. The average molecular weight is 915 g/mol. The van der Waals surface area contributed by atoms with E-state index in [9.17, 15) is 0 Å². The summed E-state index contributed by atoms with van der Waals surface area (Å²) >= 11 is 1.92. The Morgan fingerprint density at radius 1 is 0.735 bits per heavy atom. The summed E-state index contributed by atoms with van der Waals surface area (Å²) in [5.41, 5.74) is 6.34. The molecule has 8 rings (SSSR count). The number of nitrogens with zero attached hydrogens (tertiary/aromatic N) is 2. The number of aromatic nitrogens is 2. The van der Waals surface area contributed by atoms with Crippen LogP contribution in [0.1, 0.15) is 52.0 Å². The first-order valence-corrected chi connectivity index (χ1v) is 25.5. The second-order valence-corrected chi connectivity index (χ2v) is 26.7. The smallest absolute Gasteiger partial charge is 0 e. The molecule has 0 bridgehead atoms. The minimum Gasteiger partial charge on any atom is 0 e. The van der Waals surface area contributed by atoms with Crippen LogP contribution in [0.4, 0.5) is 0 Å². The molecule has 0 aliphatic heterocycles. The fourth-order valence-electron chi connectivity index (χ4n) is 6.06. The first-order chi connectivity index (χ1) is 23.4. The van der Waals surface area contributed by atoms with Gasteiger partial charge in [-0.3, -0.25) is 0 Å². The predicted octanol–water partition coefficient (Wildman–Crippen LogP) is 12.6. The molecule has 4 aromatic heterocycles. The fourth-order valence-corrected chi connectivity index (χ4v) is 10.6. The van der Waals surface area contributed by atoms with E-state index in [1.54, 1.807) is 11.3 Å². The van der Waals surface area contributed by atoms with Crippen LogP contribution in [-0.2, 0) is 20.1 Å². The van der Waals surface area contributed by atoms with Gasteiger partial charge in [-0.1, -0.05) is 80.4 Å². The third-order valence-electron chi connectivity index (χ3n) is 8.90. The maximum atomic E-state index is 8.52. The Hall–Kier alpha value is -3.19. The van der Waals surface area contributed by atoms with Gasteiger partial charge in [0.15, 0.2) is 0 Å². The third kappa shape index (κ3) is 7.20. The van der Waals surface area contributed by atoms with Crippen LogP contribution < -0.4 is 4.40 Å². The number of thiophene rings is 2. The molecule has 0 atom stereocenters. The average Bonchev–Trinajstić information content (AvgIpc) is 3.66. The molecule has 0 spiro atoms. The molecule has 0 unspecified atom stereocenters. The molecule has 0 N–H and O–H groups in total. The maximum absolute atomic E-state index is 8.52. The molecule has 6 heteroatoms. The number of benzene rings is 4. The Bertz CT molecular complexity index is 2440. The SMILES string of the molecule is [2H]C(C)(C)c1ccnc(-c2[c-]c3sc4ccccc4c3c3c2sc2cc(C(C)C)ccc23)c1.[CH3][Ge]([CH3])([CH3])[c]1ccc(-c2[c-]cccc2)nc1.[Ir]. The van der Waals surface area contributed by atoms with Gasteiger partial charge in [0.2, 0.25) is 0 Å². The molecule has 4 aromatic carbocycles. The summed E-state index contributed by atoms with van der Waals surface area (Å²) in [6, 6.07) is 38.9. The van der Waals surface area contributed by atoms with Crippen molar-refractivity contribution in [3.05, 3.63) is 127 Å². The van der Waals surface area contributed by atoms with Crippen molar-refractivity contribution in [1.29, 1.82) is 0 Å². The van der Waals surface area contributed by atoms with E-state index < -0.39 is 19.2 Å². The van der Waals surface area contributed by atoms with Gasteiger partial charge in [-0.15, -0.1) is 11.6 Å². The van der Waals surface area contributed by atoms with Crippen LogP contribution in [0.15, 0.2) is 103 Å². The van der Waals surface area contributed by atoms with Crippen LogP contribution in [0.2, 0.25) is 17.3 Å². The zero-order valence-electron chi connectivity index (χ0n) is 29.9. The van der Waals surface area contributed by atoms with E-state index in [1.165, 1.54) is 50.3 Å². The molecule has 4 heterocycles. The molecular formula is C43H40GeIrN2S2-2. The minimum absolute atomic E-state index is 0. The Kier molecular flexibility index (Phi) is 10.2. The van der Waals surface area contributed by atoms with E-state index in [0.717, 1.165) is 28.1 Å².